The Hall–Kier alpha value is -2.18. The highest BCUT2D eigenvalue weighted by Gasteiger charge is 2.06. The number of aromatic nitrogens is 2. The lowest BCUT2D eigenvalue weighted by Crippen LogP contribution is -2.30. The largest absolute Gasteiger partial charge is 0.351 e. The smallest absolute Gasteiger partial charge is 0.269 e. The van der Waals surface area contributed by atoms with Gasteiger partial charge in [0.15, 0.2) is 0 Å². The SMILES string of the molecule is CC.CC(C)NC(=O)c1ccnc(Cl)c1.CCNC(=O)c1cccc(Cl)n1. The fourth-order valence-corrected chi connectivity index (χ4v) is 2.01. The summed E-state index contributed by atoms with van der Waals surface area (Å²) in [7, 11) is 0. The lowest BCUT2D eigenvalue weighted by molar-refractivity contribution is 0.0937. The predicted octanol–water partition coefficient (Wildman–Crippen LogP) is 4.38. The topological polar surface area (TPSA) is 84.0 Å². The van der Waals surface area contributed by atoms with Crippen LogP contribution in [0.1, 0.15) is 55.5 Å². The second-order valence-electron chi connectivity index (χ2n) is 5.20. The van der Waals surface area contributed by atoms with Gasteiger partial charge in [0.25, 0.3) is 11.8 Å². The Morgan fingerprint density at radius 2 is 1.74 bits per heavy atom. The number of rotatable bonds is 4. The standard InChI is InChI=1S/C9H11ClN2O.C8H9ClN2O.C2H6/c1-6(2)12-9(13)7-3-4-11-8(10)5-7;1-2-10-8(12)6-4-3-5-7(9)11-6;1-2/h3-6H,1-2H3,(H,12,13);3-5H,2H2,1H3,(H,10,12);1-2H3. The van der Waals surface area contributed by atoms with Crippen LogP contribution in [0.2, 0.25) is 10.3 Å². The third-order valence-corrected chi connectivity index (χ3v) is 3.11. The highest BCUT2D eigenvalue weighted by molar-refractivity contribution is 6.30. The van der Waals surface area contributed by atoms with Crippen molar-refractivity contribution in [3.8, 4) is 0 Å². The van der Waals surface area contributed by atoms with Crippen LogP contribution in [0.15, 0.2) is 36.5 Å². The van der Waals surface area contributed by atoms with Crippen LogP contribution < -0.4 is 10.6 Å². The summed E-state index contributed by atoms with van der Waals surface area (Å²) in [5, 5.41) is 6.05. The number of hydrogen-bond acceptors (Lipinski definition) is 4. The maximum Gasteiger partial charge on any atom is 0.269 e. The number of pyridine rings is 2. The van der Waals surface area contributed by atoms with Gasteiger partial charge in [-0.05, 0) is 45.0 Å². The third kappa shape index (κ3) is 10.5. The Kier molecular flexibility index (Phi) is 12.8. The Bertz CT molecular complexity index is 724. The van der Waals surface area contributed by atoms with Gasteiger partial charge >= 0.3 is 0 Å². The monoisotopic (exact) mass is 412 g/mol. The lowest BCUT2D eigenvalue weighted by atomic mass is 10.2. The zero-order valence-electron chi connectivity index (χ0n) is 16.2. The van der Waals surface area contributed by atoms with Gasteiger partial charge in [-0.25, -0.2) is 9.97 Å². The summed E-state index contributed by atoms with van der Waals surface area (Å²) in [6.07, 6.45) is 1.51. The first-order chi connectivity index (χ1) is 12.8. The first-order valence-electron chi connectivity index (χ1n) is 8.66. The molecule has 2 aromatic rings. The number of carbonyl (C=O) groups is 2. The molecule has 0 aliphatic carbocycles. The molecule has 0 aliphatic rings. The van der Waals surface area contributed by atoms with Crippen molar-refractivity contribution in [2.75, 3.05) is 6.54 Å². The van der Waals surface area contributed by atoms with E-state index in [0.29, 0.717) is 28.1 Å². The summed E-state index contributed by atoms with van der Waals surface area (Å²) in [6, 6.07) is 8.24. The molecule has 27 heavy (non-hydrogen) atoms. The summed E-state index contributed by atoms with van der Waals surface area (Å²) in [5.41, 5.74) is 0.887. The molecular weight excluding hydrogens is 387 g/mol. The summed E-state index contributed by atoms with van der Waals surface area (Å²) in [6.45, 7) is 10.2. The van der Waals surface area contributed by atoms with E-state index in [2.05, 4.69) is 20.6 Å². The molecular formula is C19H26Cl2N4O2. The molecule has 0 spiro atoms. The molecule has 6 nitrogen and oxygen atoms in total. The van der Waals surface area contributed by atoms with Crippen molar-refractivity contribution in [3.63, 3.8) is 0 Å². The van der Waals surface area contributed by atoms with Gasteiger partial charge in [0.1, 0.15) is 16.0 Å². The first kappa shape index (κ1) is 24.8. The van der Waals surface area contributed by atoms with Gasteiger partial charge < -0.3 is 10.6 Å². The predicted molar refractivity (Wildman–Crippen MR) is 110 cm³/mol. The van der Waals surface area contributed by atoms with Crippen LogP contribution in [0.4, 0.5) is 0 Å². The van der Waals surface area contributed by atoms with E-state index in [1.54, 1.807) is 30.3 Å². The van der Waals surface area contributed by atoms with Crippen molar-refractivity contribution in [3.05, 3.63) is 58.1 Å². The zero-order valence-corrected chi connectivity index (χ0v) is 17.7. The minimum atomic E-state index is -0.194. The highest BCUT2D eigenvalue weighted by Crippen LogP contribution is 2.07. The van der Waals surface area contributed by atoms with Crippen LogP contribution in [0, 0.1) is 0 Å². The molecule has 0 aromatic carbocycles. The lowest BCUT2D eigenvalue weighted by Gasteiger charge is -2.07. The second-order valence-corrected chi connectivity index (χ2v) is 5.97. The molecule has 0 fully saturated rings. The molecule has 0 bridgehead atoms. The quantitative estimate of drug-likeness (QED) is 0.729. The number of halogens is 2. The van der Waals surface area contributed by atoms with Crippen molar-refractivity contribution in [1.82, 2.24) is 20.6 Å². The van der Waals surface area contributed by atoms with Gasteiger partial charge in [-0.15, -0.1) is 0 Å². The van der Waals surface area contributed by atoms with Gasteiger partial charge in [-0.1, -0.05) is 43.1 Å². The molecule has 0 saturated carbocycles. The van der Waals surface area contributed by atoms with E-state index in [0.717, 1.165) is 0 Å². The van der Waals surface area contributed by atoms with Gasteiger partial charge in [0.2, 0.25) is 0 Å². The molecule has 0 unspecified atom stereocenters. The molecule has 2 N–H and O–H groups in total. The van der Waals surface area contributed by atoms with E-state index in [4.69, 9.17) is 23.2 Å². The number of nitrogens with one attached hydrogen (secondary N) is 2. The molecule has 2 amide bonds. The number of amides is 2. The maximum absolute atomic E-state index is 11.4. The van der Waals surface area contributed by atoms with Gasteiger partial charge in [-0.2, -0.15) is 0 Å². The fourth-order valence-electron chi connectivity index (χ4n) is 1.68. The second kappa shape index (κ2) is 13.9. The van der Waals surface area contributed by atoms with Crippen LogP contribution in [0.3, 0.4) is 0 Å². The van der Waals surface area contributed by atoms with Gasteiger partial charge in [0, 0.05) is 24.3 Å². The van der Waals surface area contributed by atoms with E-state index >= 15 is 0 Å². The molecule has 0 saturated heterocycles. The van der Waals surface area contributed by atoms with Gasteiger partial charge in [-0.3, -0.25) is 9.59 Å². The minimum Gasteiger partial charge on any atom is -0.351 e. The molecule has 8 heteroatoms. The molecule has 2 aromatic heterocycles. The van der Waals surface area contributed by atoms with Crippen molar-refractivity contribution in [1.29, 1.82) is 0 Å². The van der Waals surface area contributed by atoms with E-state index in [-0.39, 0.29) is 17.9 Å². The first-order valence-corrected chi connectivity index (χ1v) is 9.42. The van der Waals surface area contributed by atoms with Crippen LogP contribution in [-0.2, 0) is 0 Å². The number of nitrogens with zero attached hydrogens (tertiary/aromatic N) is 2. The van der Waals surface area contributed by atoms with Crippen molar-refractivity contribution < 1.29 is 9.59 Å². The average Bonchev–Trinajstić information content (AvgIpc) is 2.63. The third-order valence-electron chi connectivity index (χ3n) is 2.69. The van der Waals surface area contributed by atoms with Gasteiger partial charge in [0.05, 0.1) is 0 Å². The Morgan fingerprint density at radius 3 is 2.26 bits per heavy atom. The molecule has 2 heterocycles. The number of carbonyl (C=O) groups excluding carboxylic acids is 2. The summed E-state index contributed by atoms with van der Waals surface area (Å²) >= 11 is 11.2. The van der Waals surface area contributed by atoms with Crippen molar-refractivity contribution in [2.45, 2.75) is 40.7 Å². The fraction of sp³-hybridized carbons (Fsp3) is 0.368. The van der Waals surface area contributed by atoms with E-state index in [9.17, 15) is 9.59 Å². The van der Waals surface area contributed by atoms with Crippen molar-refractivity contribution in [2.24, 2.45) is 0 Å². The van der Waals surface area contributed by atoms with Crippen LogP contribution in [0.5, 0.6) is 0 Å². The normalized spacial score (nSPS) is 9.33. The maximum atomic E-state index is 11.4. The van der Waals surface area contributed by atoms with Crippen LogP contribution in [-0.4, -0.2) is 34.4 Å². The highest BCUT2D eigenvalue weighted by atomic mass is 35.5. The molecule has 0 aliphatic heterocycles. The number of hydrogen-bond donors (Lipinski definition) is 2. The average molecular weight is 413 g/mol. The summed E-state index contributed by atoms with van der Waals surface area (Å²) < 4.78 is 0. The zero-order chi connectivity index (χ0) is 20.8. The Morgan fingerprint density at radius 1 is 1.07 bits per heavy atom. The van der Waals surface area contributed by atoms with E-state index < -0.39 is 0 Å². The molecule has 0 atom stereocenters. The summed E-state index contributed by atoms with van der Waals surface area (Å²) in [4.78, 5) is 30.2. The Balaban J connectivity index is 0.000000460. The molecule has 2 rings (SSSR count). The Labute approximate surface area is 170 Å². The molecule has 0 radical (unpaired) electrons. The van der Waals surface area contributed by atoms with Crippen LogP contribution >= 0.6 is 23.2 Å². The minimum absolute atomic E-state index is 0.124. The molecule has 148 valence electrons. The van der Waals surface area contributed by atoms with Crippen molar-refractivity contribution >= 4 is 35.0 Å². The van der Waals surface area contributed by atoms with Crippen LogP contribution in [0.25, 0.3) is 0 Å². The van der Waals surface area contributed by atoms with E-state index in [1.807, 2.05) is 34.6 Å². The summed E-state index contributed by atoms with van der Waals surface area (Å²) in [5.74, 6) is -0.320. The van der Waals surface area contributed by atoms with E-state index in [1.165, 1.54) is 6.20 Å².